The molecule has 36 heavy (non-hydrogen) atoms. The van der Waals surface area contributed by atoms with Crippen LogP contribution in [0.2, 0.25) is 0 Å². The second-order valence-electron chi connectivity index (χ2n) is 7.79. The van der Waals surface area contributed by atoms with Gasteiger partial charge in [0.25, 0.3) is 0 Å². The fourth-order valence-corrected chi connectivity index (χ4v) is 3.46. The zero-order valence-corrected chi connectivity index (χ0v) is 20.4. The van der Waals surface area contributed by atoms with E-state index in [1.54, 1.807) is 6.26 Å². The van der Waals surface area contributed by atoms with Crippen molar-refractivity contribution in [3.05, 3.63) is 18.2 Å². The average Bonchev–Trinajstić information content (AvgIpc) is 3.30. The zero-order chi connectivity index (χ0) is 27.3. The maximum atomic E-state index is 12.9. The number of rotatable bonds is 17. The quantitative estimate of drug-likeness (QED) is 0.103. The van der Waals surface area contributed by atoms with Gasteiger partial charge < -0.3 is 42.6 Å². The Balaban J connectivity index is 2.98. The van der Waals surface area contributed by atoms with Gasteiger partial charge in [-0.2, -0.15) is 11.8 Å². The smallest absolute Gasteiger partial charge is 0.326 e. The monoisotopic (exact) mass is 529 g/mol. The van der Waals surface area contributed by atoms with Crippen molar-refractivity contribution in [1.82, 2.24) is 25.9 Å². The Kier molecular flexibility index (Phi) is 13.0. The number of carboxylic acid groups (broad SMARTS) is 2. The normalized spacial score (nSPS) is 14.1. The number of aromatic amines is 1. The minimum Gasteiger partial charge on any atom is -0.481 e. The first-order valence-corrected chi connectivity index (χ1v) is 12.2. The highest BCUT2D eigenvalue weighted by molar-refractivity contribution is 7.98. The third-order valence-electron chi connectivity index (χ3n) is 4.87. The molecule has 0 aliphatic carbocycles. The SMILES string of the molecule is CSCCC(NC(=O)C(CCC(=O)O)NC(=O)C(N)CC(N)=O)C(=O)NC(Cc1cnc[nH]1)C(=O)O. The third-order valence-corrected chi connectivity index (χ3v) is 5.52. The highest BCUT2D eigenvalue weighted by Gasteiger charge is 2.31. The van der Waals surface area contributed by atoms with Crippen LogP contribution in [-0.2, 0) is 35.2 Å². The number of carbonyl (C=O) groups excluding carboxylic acids is 4. The number of carbonyl (C=O) groups is 6. The average molecular weight is 530 g/mol. The van der Waals surface area contributed by atoms with Crippen LogP contribution in [0.1, 0.15) is 31.4 Å². The van der Waals surface area contributed by atoms with Crippen LogP contribution in [0, 0.1) is 0 Å². The molecule has 0 bridgehead atoms. The molecule has 4 unspecified atom stereocenters. The number of aliphatic carboxylic acids is 2. The number of H-pyrrole nitrogens is 1. The molecule has 0 radical (unpaired) electrons. The molecule has 10 N–H and O–H groups in total. The van der Waals surface area contributed by atoms with Gasteiger partial charge in [-0.3, -0.25) is 24.0 Å². The Morgan fingerprint density at radius 3 is 2.08 bits per heavy atom. The van der Waals surface area contributed by atoms with Crippen LogP contribution < -0.4 is 27.4 Å². The second kappa shape index (κ2) is 15.4. The topological polar surface area (TPSA) is 260 Å². The predicted octanol–water partition coefficient (Wildman–Crippen LogP) is -2.69. The second-order valence-corrected chi connectivity index (χ2v) is 8.78. The van der Waals surface area contributed by atoms with Crippen LogP contribution in [0.3, 0.4) is 0 Å². The largest absolute Gasteiger partial charge is 0.481 e. The van der Waals surface area contributed by atoms with Gasteiger partial charge in [0.1, 0.15) is 18.1 Å². The summed E-state index contributed by atoms with van der Waals surface area (Å²) in [4.78, 5) is 78.3. The zero-order valence-electron chi connectivity index (χ0n) is 19.6. The fourth-order valence-electron chi connectivity index (χ4n) is 2.99. The van der Waals surface area contributed by atoms with Gasteiger partial charge >= 0.3 is 11.9 Å². The van der Waals surface area contributed by atoms with E-state index in [0.29, 0.717) is 11.4 Å². The minimum atomic E-state index is -1.39. The lowest BCUT2D eigenvalue weighted by molar-refractivity contribution is -0.142. The summed E-state index contributed by atoms with van der Waals surface area (Å²) < 4.78 is 0. The molecule has 0 aromatic carbocycles. The highest BCUT2D eigenvalue weighted by Crippen LogP contribution is 2.07. The maximum absolute atomic E-state index is 12.9. The first-order valence-electron chi connectivity index (χ1n) is 10.8. The lowest BCUT2D eigenvalue weighted by Gasteiger charge is -2.25. The summed E-state index contributed by atoms with van der Waals surface area (Å²) in [6.07, 6.45) is 3.26. The summed E-state index contributed by atoms with van der Waals surface area (Å²) in [6, 6.07) is -5.26. The number of nitrogens with two attached hydrogens (primary N) is 2. The molecule has 0 aliphatic heterocycles. The number of hydrogen-bond donors (Lipinski definition) is 8. The molecular weight excluding hydrogens is 498 g/mol. The predicted molar refractivity (Wildman–Crippen MR) is 127 cm³/mol. The molecule has 0 fully saturated rings. The molecule has 16 heteroatoms. The number of amides is 4. The summed E-state index contributed by atoms with van der Waals surface area (Å²) >= 11 is 1.38. The fraction of sp³-hybridized carbons (Fsp3) is 0.550. The molecule has 0 aliphatic rings. The van der Waals surface area contributed by atoms with Gasteiger partial charge in [0.05, 0.1) is 18.8 Å². The number of imidazole rings is 1. The van der Waals surface area contributed by atoms with Crippen molar-refractivity contribution in [1.29, 1.82) is 0 Å². The molecule has 15 nitrogen and oxygen atoms in total. The number of hydrogen-bond acceptors (Lipinski definition) is 9. The molecule has 0 saturated carbocycles. The van der Waals surface area contributed by atoms with Crippen molar-refractivity contribution in [2.45, 2.75) is 56.3 Å². The van der Waals surface area contributed by atoms with Crippen LogP contribution >= 0.6 is 11.8 Å². The van der Waals surface area contributed by atoms with E-state index < -0.39 is 72.6 Å². The molecular formula is C20H31N7O8S. The van der Waals surface area contributed by atoms with E-state index >= 15 is 0 Å². The van der Waals surface area contributed by atoms with E-state index in [1.165, 1.54) is 24.3 Å². The number of carboxylic acids is 2. The Hall–Kier alpha value is -3.66. The number of nitrogens with zero attached hydrogens (tertiary/aromatic N) is 1. The standard InChI is InChI=1S/C20H31N7O8S/c1-36-5-4-13(19(33)27-14(20(34)35)6-10-8-23-9-24-10)26-18(32)12(2-3-16(29)30)25-17(31)11(21)7-15(22)28/h8-9,11-14H,2-7,21H2,1H3,(H2,22,28)(H,23,24)(H,25,31)(H,26,32)(H,27,33)(H,29,30)(H,34,35). The van der Waals surface area contributed by atoms with Crippen molar-refractivity contribution in [3.8, 4) is 0 Å². The van der Waals surface area contributed by atoms with Gasteiger partial charge in [0.2, 0.25) is 23.6 Å². The number of thioether (sulfide) groups is 1. The van der Waals surface area contributed by atoms with Gasteiger partial charge in [-0.05, 0) is 24.9 Å². The number of nitrogens with one attached hydrogen (secondary N) is 4. The summed E-state index contributed by atoms with van der Waals surface area (Å²) in [5, 5.41) is 25.6. The Morgan fingerprint density at radius 2 is 1.58 bits per heavy atom. The molecule has 4 amide bonds. The molecule has 4 atom stereocenters. The van der Waals surface area contributed by atoms with Gasteiger partial charge in [-0.25, -0.2) is 9.78 Å². The molecule has 0 spiro atoms. The molecule has 1 aromatic heterocycles. The highest BCUT2D eigenvalue weighted by atomic mass is 32.2. The van der Waals surface area contributed by atoms with E-state index in [1.807, 2.05) is 0 Å². The Morgan fingerprint density at radius 1 is 1.00 bits per heavy atom. The van der Waals surface area contributed by atoms with Crippen molar-refractivity contribution in [3.63, 3.8) is 0 Å². The summed E-state index contributed by atoms with van der Waals surface area (Å²) in [5.74, 6) is -5.52. The van der Waals surface area contributed by atoms with E-state index in [4.69, 9.17) is 16.6 Å². The first kappa shape index (κ1) is 30.4. The van der Waals surface area contributed by atoms with E-state index in [0.717, 1.165) is 0 Å². The Bertz CT molecular complexity index is 927. The van der Waals surface area contributed by atoms with Crippen LogP contribution in [0.5, 0.6) is 0 Å². The van der Waals surface area contributed by atoms with Crippen LogP contribution in [0.15, 0.2) is 12.5 Å². The van der Waals surface area contributed by atoms with Gasteiger partial charge in [-0.15, -0.1) is 0 Å². The van der Waals surface area contributed by atoms with Gasteiger partial charge in [-0.1, -0.05) is 0 Å². The first-order chi connectivity index (χ1) is 16.9. The summed E-state index contributed by atoms with van der Waals surface area (Å²) in [6.45, 7) is 0. The van der Waals surface area contributed by atoms with Crippen LogP contribution in [0.25, 0.3) is 0 Å². The van der Waals surface area contributed by atoms with Crippen LogP contribution in [-0.4, -0.2) is 91.9 Å². The molecule has 1 aromatic rings. The molecule has 1 rings (SSSR count). The molecule has 1 heterocycles. The van der Waals surface area contributed by atoms with Crippen molar-refractivity contribution >= 4 is 47.3 Å². The van der Waals surface area contributed by atoms with Gasteiger partial charge in [0, 0.05) is 24.7 Å². The molecule has 200 valence electrons. The maximum Gasteiger partial charge on any atom is 0.326 e. The summed E-state index contributed by atoms with van der Waals surface area (Å²) in [7, 11) is 0. The number of aromatic nitrogens is 2. The van der Waals surface area contributed by atoms with E-state index in [2.05, 4.69) is 25.9 Å². The Labute approximate surface area is 210 Å². The van der Waals surface area contributed by atoms with Crippen molar-refractivity contribution < 1.29 is 39.0 Å². The van der Waals surface area contributed by atoms with Crippen molar-refractivity contribution in [2.75, 3.05) is 12.0 Å². The lowest BCUT2D eigenvalue weighted by Crippen LogP contribution is -2.57. The van der Waals surface area contributed by atoms with Gasteiger partial charge in [0.15, 0.2) is 0 Å². The molecule has 0 saturated heterocycles. The van der Waals surface area contributed by atoms with E-state index in [-0.39, 0.29) is 19.3 Å². The summed E-state index contributed by atoms with van der Waals surface area (Å²) in [5.41, 5.74) is 11.1. The van der Waals surface area contributed by atoms with E-state index in [9.17, 15) is 33.9 Å². The minimum absolute atomic E-state index is 0.0840. The third kappa shape index (κ3) is 11.2. The number of primary amides is 1. The van der Waals surface area contributed by atoms with Crippen LogP contribution in [0.4, 0.5) is 0 Å². The lowest BCUT2D eigenvalue weighted by atomic mass is 10.1. The van der Waals surface area contributed by atoms with Crippen molar-refractivity contribution in [2.24, 2.45) is 11.5 Å².